The predicted octanol–water partition coefficient (Wildman–Crippen LogP) is 2.66. The van der Waals surface area contributed by atoms with Crippen LogP contribution in [0, 0.1) is 0 Å². The smallest absolute Gasteiger partial charge is 0.221 e. The van der Waals surface area contributed by atoms with Crippen molar-refractivity contribution in [1.82, 2.24) is 15.6 Å². The van der Waals surface area contributed by atoms with Gasteiger partial charge in [0.25, 0.3) is 0 Å². The number of pyridine rings is 1. The zero-order valence-electron chi connectivity index (χ0n) is 14.3. The summed E-state index contributed by atoms with van der Waals surface area (Å²) in [6.07, 6.45) is 4.11. The van der Waals surface area contributed by atoms with E-state index in [4.69, 9.17) is 4.74 Å². The molecule has 1 aromatic heterocycles. The van der Waals surface area contributed by atoms with Gasteiger partial charge < -0.3 is 15.4 Å². The summed E-state index contributed by atoms with van der Waals surface area (Å²) in [4.78, 5) is 15.8. The normalized spacial score (nSPS) is 10.6. The molecule has 0 aliphatic heterocycles. The van der Waals surface area contributed by atoms with Crippen LogP contribution in [0.4, 0.5) is 0 Å². The highest BCUT2D eigenvalue weighted by molar-refractivity contribution is 5.76. The van der Waals surface area contributed by atoms with E-state index in [1.54, 1.807) is 12.4 Å². The van der Waals surface area contributed by atoms with Gasteiger partial charge >= 0.3 is 0 Å². The number of ether oxygens (including phenoxy) is 1. The molecule has 0 spiro atoms. The van der Waals surface area contributed by atoms with E-state index < -0.39 is 0 Å². The summed E-state index contributed by atoms with van der Waals surface area (Å²) in [6.45, 7) is 5.91. The van der Waals surface area contributed by atoms with E-state index in [9.17, 15) is 4.79 Å². The summed E-state index contributed by atoms with van der Waals surface area (Å²) in [5, 5.41) is 6.16. The molecule has 0 aliphatic rings. The van der Waals surface area contributed by atoms with Gasteiger partial charge in [-0.3, -0.25) is 9.78 Å². The Morgan fingerprint density at radius 3 is 2.58 bits per heavy atom. The maximum atomic E-state index is 11.8. The first-order chi connectivity index (χ1) is 11.6. The molecular formula is C19H25N3O2. The van der Waals surface area contributed by atoms with Gasteiger partial charge in [-0.15, -0.1) is 0 Å². The van der Waals surface area contributed by atoms with Crippen LogP contribution in [0.25, 0.3) is 0 Å². The summed E-state index contributed by atoms with van der Waals surface area (Å²) in [6, 6.07) is 11.8. The van der Waals surface area contributed by atoms with Gasteiger partial charge in [0.05, 0.1) is 6.10 Å². The van der Waals surface area contributed by atoms with Gasteiger partial charge in [-0.25, -0.2) is 0 Å². The number of nitrogens with zero attached hydrogens (tertiary/aromatic N) is 1. The lowest BCUT2D eigenvalue weighted by Crippen LogP contribution is -2.27. The fourth-order valence-electron chi connectivity index (χ4n) is 2.18. The number of aromatic nitrogens is 1. The predicted molar refractivity (Wildman–Crippen MR) is 94.6 cm³/mol. The Kier molecular flexibility index (Phi) is 7.23. The minimum absolute atomic E-state index is 0.0343. The van der Waals surface area contributed by atoms with E-state index >= 15 is 0 Å². The van der Waals surface area contributed by atoms with Gasteiger partial charge in [0, 0.05) is 38.4 Å². The largest absolute Gasteiger partial charge is 0.491 e. The molecular weight excluding hydrogens is 302 g/mol. The molecule has 1 aromatic carbocycles. The lowest BCUT2D eigenvalue weighted by atomic mass is 10.2. The lowest BCUT2D eigenvalue weighted by Gasteiger charge is -2.10. The van der Waals surface area contributed by atoms with Gasteiger partial charge in [-0.1, -0.05) is 18.2 Å². The molecule has 0 unspecified atom stereocenters. The van der Waals surface area contributed by atoms with Gasteiger partial charge in [0.15, 0.2) is 0 Å². The van der Waals surface area contributed by atoms with Crippen molar-refractivity contribution in [2.45, 2.75) is 39.5 Å². The molecule has 0 saturated carbocycles. The van der Waals surface area contributed by atoms with E-state index in [2.05, 4.69) is 15.6 Å². The molecule has 0 aliphatic carbocycles. The second-order valence-electron chi connectivity index (χ2n) is 5.88. The van der Waals surface area contributed by atoms with Crippen molar-refractivity contribution < 1.29 is 9.53 Å². The van der Waals surface area contributed by atoms with Crippen LogP contribution in [-0.2, 0) is 17.9 Å². The zero-order valence-corrected chi connectivity index (χ0v) is 14.3. The number of nitrogens with one attached hydrogen (secondary N) is 2. The molecule has 1 heterocycles. The first-order valence-electron chi connectivity index (χ1n) is 8.25. The Labute approximate surface area is 143 Å². The third kappa shape index (κ3) is 6.79. The van der Waals surface area contributed by atoms with Crippen molar-refractivity contribution in [3.8, 4) is 5.75 Å². The van der Waals surface area contributed by atoms with Crippen molar-refractivity contribution in [3.63, 3.8) is 0 Å². The van der Waals surface area contributed by atoms with Crippen LogP contribution < -0.4 is 15.4 Å². The van der Waals surface area contributed by atoms with Crippen molar-refractivity contribution in [3.05, 3.63) is 59.9 Å². The number of carbonyl (C=O) groups is 1. The van der Waals surface area contributed by atoms with Crippen LogP contribution in [0.3, 0.4) is 0 Å². The third-order valence-corrected chi connectivity index (χ3v) is 3.37. The van der Waals surface area contributed by atoms with Crippen LogP contribution in [0.5, 0.6) is 5.75 Å². The quantitative estimate of drug-likeness (QED) is 0.695. The number of rotatable bonds is 9. The average Bonchev–Trinajstić information content (AvgIpc) is 2.59. The van der Waals surface area contributed by atoms with Crippen molar-refractivity contribution >= 4 is 5.91 Å². The molecule has 2 aromatic rings. The fourth-order valence-corrected chi connectivity index (χ4v) is 2.18. The highest BCUT2D eigenvalue weighted by Crippen LogP contribution is 2.13. The highest BCUT2D eigenvalue weighted by Gasteiger charge is 2.02. The summed E-state index contributed by atoms with van der Waals surface area (Å²) in [5.74, 6) is 0.913. The molecule has 0 saturated heterocycles. The molecule has 128 valence electrons. The molecule has 2 rings (SSSR count). The standard InChI is InChI=1S/C19H25N3O2/c1-15(2)24-18-7-5-16(6-8-18)12-21-11-9-19(23)22-14-17-4-3-10-20-13-17/h3-8,10,13,15,21H,9,11-12,14H2,1-2H3,(H,22,23). The summed E-state index contributed by atoms with van der Waals surface area (Å²) in [7, 11) is 0. The summed E-state index contributed by atoms with van der Waals surface area (Å²) >= 11 is 0. The molecule has 5 heteroatoms. The monoisotopic (exact) mass is 327 g/mol. The van der Waals surface area contributed by atoms with Gasteiger partial charge in [-0.05, 0) is 43.2 Å². The minimum Gasteiger partial charge on any atom is -0.491 e. The SMILES string of the molecule is CC(C)Oc1ccc(CNCCC(=O)NCc2cccnc2)cc1. The van der Waals surface area contributed by atoms with E-state index in [1.807, 2.05) is 50.2 Å². The topological polar surface area (TPSA) is 63.2 Å². The van der Waals surface area contributed by atoms with Crippen LogP contribution in [0.15, 0.2) is 48.8 Å². The van der Waals surface area contributed by atoms with E-state index in [0.29, 0.717) is 19.5 Å². The molecule has 0 fully saturated rings. The van der Waals surface area contributed by atoms with Crippen molar-refractivity contribution in [2.24, 2.45) is 0 Å². The molecule has 0 radical (unpaired) electrons. The first-order valence-corrected chi connectivity index (χ1v) is 8.25. The maximum Gasteiger partial charge on any atom is 0.221 e. The van der Waals surface area contributed by atoms with Gasteiger partial charge in [-0.2, -0.15) is 0 Å². The summed E-state index contributed by atoms with van der Waals surface area (Å²) in [5.41, 5.74) is 2.17. The second-order valence-corrected chi connectivity index (χ2v) is 5.88. The molecule has 0 bridgehead atoms. The molecule has 5 nitrogen and oxygen atoms in total. The fraction of sp³-hybridized carbons (Fsp3) is 0.368. The maximum absolute atomic E-state index is 11.8. The summed E-state index contributed by atoms with van der Waals surface area (Å²) < 4.78 is 5.61. The number of hydrogen-bond acceptors (Lipinski definition) is 4. The van der Waals surface area contributed by atoms with Crippen LogP contribution in [0.1, 0.15) is 31.4 Å². The number of benzene rings is 1. The van der Waals surface area contributed by atoms with Crippen LogP contribution in [-0.4, -0.2) is 23.5 Å². The Morgan fingerprint density at radius 2 is 1.92 bits per heavy atom. The van der Waals surface area contributed by atoms with Gasteiger partial charge in [0.2, 0.25) is 5.91 Å². The Hall–Kier alpha value is -2.40. The number of hydrogen-bond donors (Lipinski definition) is 2. The van der Waals surface area contributed by atoms with Crippen LogP contribution in [0.2, 0.25) is 0 Å². The minimum atomic E-state index is 0.0343. The molecule has 24 heavy (non-hydrogen) atoms. The molecule has 2 N–H and O–H groups in total. The van der Waals surface area contributed by atoms with Gasteiger partial charge in [0.1, 0.15) is 5.75 Å². The second kappa shape index (κ2) is 9.67. The Morgan fingerprint density at radius 1 is 1.12 bits per heavy atom. The van der Waals surface area contributed by atoms with E-state index in [-0.39, 0.29) is 12.0 Å². The Balaban J connectivity index is 1.61. The number of carbonyl (C=O) groups excluding carboxylic acids is 1. The number of amides is 1. The first kappa shape index (κ1) is 17.9. The molecule has 1 amide bonds. The third-order valence-electron chi connectivity index (χ3n) is 3.37. The Bertz CT molecular complexity index is 612. The highest BCUT2D eigenvalue weighted by atomic mass is 16.5. The zero-order chi connectivity index (χ0) is 17.2. The molecule has 0 atom stereocenters. The van der Waals surface area contributed by atoms with Crippen molar-refractivity contribution in [1.29, 1.82) is 0 Å². The lowest BCUT2D eigenvalue weighted by molar-refractivity contribution is -0.121. The van der Waals surface area contributed by atoms with E-state index in [1.165, 1.54) is 5.56 Å². The van der Waals surface area contributed by atoms with Crippen LogP contribution >= 0.6 is 0 Å². The van der Waals surface area contributed by atoms with Crippen molar-refractivity contribution in [2.75, 3.05) is 6.54 Å². The average molecular weight is 327 g/mol. The van der Waals surface area contributed by atoms with E-state index in [0.717, 1.165) is 17.9 Å².